The third-order valence-corrected chi connectivity index (χ3v) is 6.81. The average molecular weight is 490 g/mol. The van der Waals surface area contributed by atoms with E-state index in [1.807, 2.05) is 30.3 Å². The number of anilines is 1. The molecule has 4 rings (SSSR count). The summed E-state index contributed by atoms with van der Waals surface area (Å²) in [5.74, 6) is -1.02. The Balaban J connectivity index is 1.55. The van der Waals surface area contributed by atoms with Crippen molar-refractivity contribution >= 4 is 44.9 Å². The van der Waals surface area contributed by atoms with E-state index in [9.17, 15) is 19.2 Å². The molecule has 0 aliphatic carbocycles. The molecule has 0 aliphatic heterocycles. The molecule has 2 aromatic carbocycles. The van der Waals surface area contributed by atoms with Gasteiger partial charge in [0.1, 0.15) is 22.4 Å². The number of thiophene rings is 1. The van der Waals surface area contributed by atoms with Gasteiger partial charge in [-0.25, -0.2) is 9.78 Å². The van der Waals surface area contributed by atoms with Crippen molar-refractivity contribution in [3.05, 3.63) is 92.8 Å². The summed E-state index contributed by atoms with van der Waals surface area (Å²) in [6.45, 7) is 4.85. The summed E-state index contributed by atoms with van der Waals surface area (Å²) in [6.07, 6.45) is 1.31. The van der Waals surface area contributed by atoms with Crippen molar-refractivity contribution in [2.45, 2.75) is 33.4 Å². The van der Waals surface area contributed by atoms with Gasteiger partial charge in [-0.1, -0.05) is 30.3 Å². The van der Waals surface area contributed by atoms with Crippen LogP contribution in [0.25, 0.3) is 10.2 Å². The zero-order valence-corrected chi connectivity index (χ0v) is 20.2. The Kier molecular flexibility index (Phi) is 6.88. The number of hydrogen-bond donors (Lipinski definition) is 1. The number of benzene rings is 2. The van der Waals surface area contributed by atoms with Gasteiger partial charge in [0.05, 0.1) is 11.7 Å². The second-order valence-corrected chi connectivity index (χ2v) is 9.05. The molecular formula is C26H23N3O5S. The highest BCUT2D eigenvalue weighted by atomic mass is 32.1. The number of amides is 1. The van der Waals surface area contributed by atoms with E-state index in [0.717, 1.165) is 16.9 Å². The van der Waals surface area contributed by atoms with Crippen molar-refractivity contribution in [2.24, 2.45) is 0 Å². The van der Waals surface area contributed by atoms with Crippen LogP contribution in [0, 0.1) is 6.92 Å². The van der Waals surface area contributed by atoms with E-state index < -0.39 is 23.5 Å². The minimum absolute atomic E-state index is 0.0726. The lowest BCUT2D eigenvalue weighted by Crippen LogP contribution is -2.31. The number of ketones is 1. The number of aromatic nitrogens is 2. The molecule has 0 fully saturated rings. The van der Waals surface area contributed by atoms with Gasteiger partial charge in [0.2, 0.25) is 5.91 Å². The van der Waals surface area contributed by atoms with Crippen LogP contribution in [-0.2, 0) is 16.1 Å². The van der Waals surface area contributed by atoms with Gasteiger partial charge in [0.25, 0.3) is 5.56 Å². The van der Waals surface area contributed by atoms with Crippen LogP contribution in [0.15, 0.2) is 65.7 Å². The number of Topliss-reactive ketones (excluding diaryl/α,β-unsaturated/α-hetero) is 1. The first-order valence-electron chi connectivity index (χ1n) is 10.9. The lowest BCUT2D eigenvalue weighted by atomic mass is 10.1. The van der Waals surface area contributed by atoms with Crippen molar-refractivity contribution in [2.75, 3.05) is 5.32 Å². The maximum Gasteiger partial charge on any atom is 0.349 e. The summed E-state index contributed by atoms with van der Waals surface area (Å²) < 4.78 is 6.66. The van der Waals surface area contributed by atoms with Crippen molar-refractivity contribution in [3.8, 4) is 0 Å². The van der Waals surface area contributed by atoms with E-state index in [1.54, 1.807) is 38.1 Å². The number of ether oxygens (including phenoxy) is 1. The lowest BCUT2D eigenvalue weighted by molar-refractivity contribution is -0.118. The van der Waals surface area contributed by atoms with Crippen LogP contribution < -0.4 is 10.9 Å². The number of rotatable bonds is 7. The lowest BCUT2D eigenvalue weighted by Gasteiger charge is -2.15. The summed E-state index contributed by atoms with van der Waals surface area (Å²) in [5, 5.41) is 3.03. The molecule has 2 heterocycles. The summed E-state index contributed by atoms with van der Waals surface area (Å²) >= 11 is 1.09. The molecular weight excluding hydrogens is 466 g/mol. The second kappa shape index (κ2) is 10.0. The Hall–Kier alpha value is -4.11. The Bertz CT molecular complexity index is 1470. The second-order valence-electron chi connectivity index (χ2n) is 8.05. The molecule has 8 nitrogen and oxygen atoms in total. The average Bonchev–Trinajstić information content (AvgIpc) is 3.20. The summed E-state index contributed by atoms with van der Waals surface area (Å²) in [6, 6.07) is 14.9. The fourth-order valence-electron chi connectivity index (χ4n) is 3.56. The molecule has 0 aliphatic rings. The van der Waals surface area contributed by atoms with Crippen LogP contribution in [0.2, 0.25) is 0 Å². The number of hydrogen-bond acceptors (Lipinski definition) is 7. The minimum Gasteiger partial charge on any atom is -0.457 e. The third-order valence-electron chi connectivity index (χ3n) is 5.63. The SMILES string of the molecule is CC(=O)c1ccc(NC(=O)C(C)n2cnc3sc(C(=O)OCc4ccccc4)c(C)c3c2=O)cc1. The molecule has 4 aromatic rings. The molecule has 1 atom stereocenters. The smallest absolute Gasteiger partial charge is 0.349 e. The molecule has 35 heavy (non-hydrogen) atoms. The van der Waals surface area contributed by atoms with Gasteiger partial charge >= 0.3 is 5.97 Å². The minimum atomic E-state index is -0.861. The predicted octanol–water partition coefficient (Wildman–Crippen LogP) is 4.53. The van der Waals surface area contributed by atoms with E-state index in [-0.39, 0.29) is 17.8 Å². The van der Waals surface area contributed by atoms with Crippen LogP contribution in [0.5, 0.6) is 0 Å². The summed E-state index contributed by atoms with van der Waals surface area (Å²) in [7, 11) is 0. The highest BCUT2D eigenvalue weighted by Gasteiger charge is 2.23. The number of carbonyl (C=O) groups excluding carboxylic acids is 3. The maximum absolute atomic E-state index is 13.2. The van der Waals surface area contributed by atoms with Crippen molar-refractivity contribution in [3.63, 3.8) is 0 Å². The molecule has 1 N–H and O–H groups in total. The van der Waals surface area contributed by atoms with Gasteiger partial charge in [-0.15, -0.1) is 11.3 Å². The van der Waals surface area contributed by atoms with Gasteiger partial charge in [0.15, 0.2) is 5.78 Å². The van der Waals surface area contributed by atoms with Gasteiger partial charge < -0.3 is 10.1 Å². The van der Waals surface area contributed by atoms with Crippen LogP contribution in [-0.4, -0.2) is 27.2 Å². The van der Waals surface area contributed by atoms with Crippen LogP contribution in [0.3, 0.4) is 0 Å². The Morgan fingerprint density at radius 2 is 1.77 bits per heavy atom. The molecule has 0 radical (unpaired) electrons. The number of nitrogens with zero attached hydrogens (tertiary/aromatic N) is 2. The largest absolute Gasteiger partial charge is 0.457 e. The Morgan fingerprint density at radius 1 is 1.09 bits per heavy atom. The molecule has 1 amide bonds. The number of nitrogens with one attached hydrogen (secondary N) is 1. The van der Waals surface area contributed by atoms with Gasteiger partial charge in [-0.3, -0.25) is 19.0 Å². The monoisotopic (exact) mass is 489 g/mol. The predicted molar refractivity (Wildman–Crippen MR) is 134 cm³/mol. The summed E-state index contributed by atoms with van der Waals surface area (Å²) in [4.78, 5) is 55.2. The topological polar surface area (TPSA) is 107 Å². The van der Waals surface area contributed by atoms with Crippen LogP contribution >= 0.6 is 11.3 Å². The van der Waals surface area contributed by atoms with Gasteiger partial charge in [0, 0.05) is 11.3 Å². The van der Waals surface area contributed by atoms with Crippen LogP contribution in [0.4, 0.5) is 5.69 Å². The van der Waals surface area contributed by atoms with Crippen molar-refractivity contribution in [1.82, 2.24) is 9.55 Å². The van der Waals surface area contributed by atoms with Crippen molar-refractivity contribution in [1.29, 1.82) is 0 Å². The zero-order valence-electron chi connectivity index (χ0n) is 19.4. The fourth-order valence-corrected chi connectivity index (χ4v) is 4.59. The molecule has 0 spiro atoms. The van der Waals surface area contributed by atoms with Crippen molar-refractivity contribution < 1.29 is 19.1 Å². The molecule has 2 aromatic heterocycles. The Labute approximate surface area is 205 Å². The quantitative estimate of drug-likeness (QED) is 0.302. The molecule has 0 saturated carbocycles. The third kappa shape index (κ3) is 5.04. The number of carbonyl (C=O) groups is 3. The molecule has 0 saturated heterocycles. The first kappa shape index (κ1) is 24.0. The molecule has 9 heteroatoms. The normalized spacial score (nSPS) is 11.7. The Morgan fingerprint density at radius 3 is 2.43 bits per heavy atom. The van der Waals surface area contributed by atoms with E-state index in [4.69, 9.17) is 4.74 Å². The molecule has 1 unspecified atom stereocenters. The first-order valence-corrected chi connectivity index (χ1v) is 11.7. The standard InChI is InChI=1S/C26H23N3O5S/c1-15-21-24(35-22(15)26(33)34-13-18-7-5-4-6-8-18)27-14-29(25(21)32)16(2)23(31)28-20-11-9-19(10-12-20)17(3)30/h4-12,14,16H,13H2,1-3H3,(H,28,31). The summed E-state index contributed by atoms with van der Waals surface area (Å²) in [5.41, 5.74) is 1.95. The van der Waals surface area contributed by atoms with E-state index >= 15 is 0 Å². The van der Waals surface area contributed by atoms with E-state index in [1.165, 1.54) is 17.8 Å². The van der Waals surface area contributed by atoms with E-state index in [2.05, 4.69) is 10.3 Å². The van der Waals surface area contributed by atoms with Gasteiger partial charge in [-0.05, 0) is 56.2 Å². The zero-order chi connectivity index (χ0) is 25.1. The molecule has 0 bridgehead atoms. The maximum atomic E-state index is 13.2. The highest BCUT2D eigenvalue weighted by molar-refractivity contribution is 7.20. The van der Waals surface area contributed by atoms with E-state index in [0.29, 0.717) is 26.5 Å². The first-order chi connectivity index (χ1) is 16.8. The number of aryl methyl sites for hydroxylation is 1. The fraction of sp³-hybridized carbons (Fsp3) is 0.192. The van der Waals surface area contributed by atoms with Gasteiger partial charge in [-0.2, -0.15) is 0 Å². The number of fused-ring (bicyclic) bond motifs is 1. The number of esters is 1. The highest BCUT2D eigenvalue weighted by Crippen LogP contribution is 2.28. The molecule has 178 valence electrons. The van der Waals surface area contributed by atoms with Crippen LogP contribution in [0.1, 0.15) is 51.0 Å².